The number of hydrogen-bond donors (Lipinski definition) is 0. The summed E-state index contributed by atoms with van der Waals surface area (Å²) in [5, 5.41) is 0. The maximum Gasteiger partial charge on any atom is 0.0276 e. The van der Waals surface area contributed by atoms with E-state index in [9.17, 15) is 0 Å². The summed E-state index contributed by atoms with van der Waals surface area (Å²) in [4.78, 5) is 4.27. The molecule has 1 nitrogen and oxygen atoms in total. The average Bonchev–Trinajstić information content (AvgIpc) is 1.99. The molecule has 0 aliphatic carbocycles. The average molecular weight is 141 g/mol. The number of aliphatic imine (C=N–C) groups is 1. The van der Waals surface area contributed by atoms with Crippen LogP contribution in [0, 0.1) is 5.92 Å². The highest BCUT2D eigenvalue weighted by Crippen LogP contribution is 2.08. The van der Waals surface area contributed by atoms with Crippen molar-refractivity contribution in [3.05, 3.63) is 0 Å². The van der Waals surface area contributed by atoms with Gasteiger partial charge in [0.2, 0.25) is 0 Å². The molecular weight excluding hydrogens is 122 g/mol. The van der Waals surface area contributed by atoms with Gasteiger partial charge in [-0.15, -0.1) is 0 Å². The molecule has 0 spiro atoms. The molecule has 60 valence electrons. The van der Waals surface area contributed by atoms with Gasteiger partial charge in [-0.3, -0.25) is 4.99 Å². The Hall–Kier alpha value is -0.330. The number of hydrogen-bond acceptors (Lipinski definition) is 1. The Morgan fingerprint density at radius 1 is 1.40 bits per heavy atom. The molecule has 0 aromatic rings. The van der Waals surface area contributed by atoms with Crippen LogP contribution >= 0.6 is 0 Å². The van der Waals surface area contributed by atoms with Gasteiger partial charge in [0, 0.05) is 12.8 Å². The summed E-state index contributed by atoms with van der Waals surface area (Å²) in [6, 6.07) is 0. The second-order valence-corrected chi connectivity index (χ2v) is 2.77. The molecule has 1 heteroatoms. The van der Waals surface area contributed by atoms with E-state index < -0.39 is 0 Å². The maximum absolute atomic E-state index is 4.27. The number of nitrogens with zero attached hydrogens (tertiary/aromatic N) is 1. The molecule has 0 N–H and O–H groups in total. The fourth-order valence-corrected chi connectivity index (χ4v) is 1.07. The van der Waals surface area contributed by atoms with Crippen molar-refractivity contribution in [2.75, 3.05) is 7.05 Å². The van der Waals surface area contributed by atoms with Gasteiger partial charge in [-0.05, 0) is 18.8 Å². The Labute approximate surface area is 64.6 Å². The molecule has 0 radical (unpaired) electrons. The predicted molar refractivity (Wildman–Crippen MR) is 47.7 cm³/mol. The van der Waals surface area contributed by atoms with E-state index in [1.54, 1.807) is 0 Å². The van der Waals surface area contributed by atoms with Crippen molar-refractivity contribution in [3.8, 4) is 0 Å². The zero-order chi connectivity index (χ0) is 7.98. The van der Waals surface area contributed by atoms with Crippen LogP contribution in [0.25, 0.3) is 0 Å². The zero-order valence-corrected chi connectivity index (χ0v) is 7.65. The first-order chi connectivity index (χ1) is 4.76. The lowest BCUT2D eigenvalue weighted by molar-refractivity contribution is 0.714. The summed E-state index contributed by atoms with van der Waals surface area (Å²) in [5.74, 6) is 0.685. The highest BCUT2D eigenvalue weighted by Gasteiger charge is 2.04. The molecule has 1 unspecified atom stereocenters. The minimum Gasteiger partial charge on any atom is -0.297 e. The molecule has 0 fully saturated rings. The van der Waals surface area contributed by atoms with Crippen LogP contribution in [0.15, 0.2) is 4.99 Å². The minimum atomic E-state index is 0.685. The monoisotopic (exact) mass is 141 g/mol. The van der Waals surface area contributed by atoms with Crippen LogP contribution in [-0.2, 0) is 0 Å². The largest absolute Gasteiger partial charge is 0.297 e. The van der Waals surface area contributed by atoms with E-state index in [0.717, 1.165) is 0 Å². The molecule has 0 heterocycles. The van der Waals surface area contributed by atoms with E-state index in [4.69, 9.17) is 0 Å². The molecule has 0 aliphatic rings. The third kappa shape index (κ3) is 3.00. The van der Waals surface area contributed by atoms with Gasteiger partial charge >= 0.3 is 0 Å². The summed E-state index contributed by atoms with van der Waals surface area (Å²) in [6.45, 7) is 6.66. The fourth-order valence-electron chi connectivity index (χ4n) is 1.07. The molecule has 10 heavy (non-hydrogen) atoms. The first kappa shape index (κ1) is 9.67. The minimum absolute atomic E-state index is 0.685. The van der Waals surface area contributed by atoms with Crippen molar-refractivity contribution < 1.29 is 0 Å². The number of rotatable bonds is 4. The standard InChI is InChI=1S/C9H19N/c1-5-7-9(10-4)8(3)6-2/h8H,5-7H2,1-4H3. The molecule has 0 saturated heterocycles. The van der Waals surface area contributed by atoms with Gasteiger partial charge in [-0.25, -0.2) is 0 Å². The lowest BCUT2D eigenvalue weighted by Gasteiger charge is -2.10. The molecule has 0 rings (SSSR count). The smallest absolute Gasteiger partial charge is 0.0276 e. The van der Waals surface area contributed by atoms with Crippen LogP contribution in [0.3, 0.4) is 0 Å². The van der Waals surface area contributed by atoms with E-state index in [1.165, 1.54) is 25.0 Å². The molecule has 0 saturated carbocycles. The topological polar surface area (TPSA) is 12.4 Å². The summed E-state index contributed by atoms with van der Waals surface area (Å²) < 4.78 is 0. The van der Waals surface area contributed by atoms with E-state index in [2.05, 4.69) is 25.8 Å². The van der Waals surface area contributed by atoms with Gasteiger partial charge in [0.1, 0.15) is 0 Å². The second kappa shape index (κ2) is 5.45. The van der Waals surface area contributed by atoms with Crippen LogP contribution in [-0.4, -0.2) is 12.8 Å². The summed E-state index contributed by atoms with van der Waals surface area (Å²) in [7, 11) is 1.90. The summed E-state index contributed by atoms with van der Waals surface area (Å²) in [6.07, 6.45) is 3.61. The Bertz CT molecular complexity index is 105. The van der Waals surface area contributed by atoms with Crippen molar-refractivity contribution in [1.82, 2.24) is 0 Å². The summed E-state index contributed by atoms with van der Waals surface area (Å²) >= 11 is 0. The summed E-state index contributed by atoms with van der Waals surface area (Å²) in [5.41, 5.74) is 1.38. The van der Waals surface area contributed by atoms with Crippen molar-refractivity contribution in [2.45, 2.75) is 40.0 Å². The molecule has 0 amide bonds. The first-order valence-electron chi connectivity index (χ1n) is 4.21. The van der Waals surface area contributed by atoms with Gasteiger partial charge in [0.15, 0.2) is 0 Å². The Balaban J connectivity index is 3.82. The van der Waals surface area contributed by atoms with E-state index >= 15 is 0 Å². The van der Waals surface area contributed by atoms with Gasteiger partial charge < -0.3 is 0 Å². The van der Waals surface area contributed by atoms with Crippen LogP contribution in [0.2, 0.25) is 0 Å². The highest BCUT2D eigenvalue weighted by molar-refractivity contribution is 5.86. The fraction of sp³-hybridized carbons (Fsp3) is 0.889. The quantitative estimate of drug-likeness (QED) is 0.534. The van der Waals surface area contributed by atoms with E-state index in [1.807, 2.05) is 7.05 Å². The van der Waals surface area contributed by atoms with Crippen molar-refractivity contribution >= 4 is 5.71 Å². The lowest BCUT2D eigenvalue weighted by atomic mass is 9.99. The SMILES string of the molecule is CCCC(=NC)C(C)CC. The third-order valence-corrected chi connectivity index (χ3v) is 1.97. The van der Waals surface area contributed by atoms with Crippen LogP contribution in [0.1, 0.15) is 40.0 Å². The van der Waals surface area contributed by atoms with Crippen LogP contribution < -0.4 is 0 Å². The van der Waals surface area contributed by atoms with E-state index in [-0.39, 0.29) is 0 Å². The molecule has 0 aliphatic heterocycles. The molecule has 1 atom stereocenters. The Morgan fingerprint density at radius 2 is 2.00 bits per heavy atom. The molecule has 0 aromatic carbocycles. The zero-order valence-electron chi connectivity index (χ0n) is 7.65. The normalized spacial score (nSPS) is 15.4. The maximum atomic E-state index is 4.27. The predicted octanol–water partition coefficient (Wildman–Crippen LogP) is 2.90. The van der Waals surface area contributed by atoms with Crippen LogP contribution in [0.4, 0.5) is 0 Å². The molecule has 0 aromatic heterocycles. The third-order valence-electron chi connectivity index (χ3n) is 1.97. The van der Waals surface area contributed by atoms with Gasteiger partial charge in [-0.2, -0.15) is 0 Å². The van der Waals surface area contributed by atoms with Crippen molar-refractivity contribution in [2.24, 2.45) is 10.9 Å². The van der Waals surface area contributed by atoms with Crippen molar-refractivity contribution in [1.29, 1.82) is 0 Å². The van der Waals surface area contributed by atoms with Crippen LogP contribution in [0.5, 0.6) is 0 Å². The Kier molecular flexibility index (Phi) is 5.27. The Morgan fingerprint density at radius 3 is 2.30 bits per heavy atom. The lowest BCUT2D eigenvalue weighted by Crippen LogP contribution is -2.09. The first-order valence-corrected chi connectivity index (χ1v) is 4.21. The van der Waals surface area contributed by atoms with Gasteiger partial charge in [0.25, 0.3) is 0 Å². The van der Waals surface area contributed by atoms with Gasteiger partial charge in [0.05, 0.1) is 0 Å². The molecular formula is C9H19N. The molecule has 0 bridgehead atoms. The van der Waals surface area contributed by atoms with Crippen molar-refractivity contribution in [3.63, 3.8) is 0 Å². The highest BCUT2D eigenvalue weighted by atomic mass is 14.7. The van der Waals surface area contributed by atoms with E-state index in [0.29, 0.717) is 5.92 Å². The van der Waals surface area contributed by atoms with Gasteiger partial charge in [-0.1, -0.05) is 27.2 Å². The second-order valence-electron chi connectivity index (χ2n) is 2.77.